The second kappa shape index (κ2) is 43.7. The topological polar surface area (TPSA) is 231 Å². The Morgan fingerprint density at radius 3 is 1.10 bits per heavy atom. The van der Waals surface area contributed by atoms with Crippen molar-refractivity contribution < 1.29 is 73.8 Å². The number of hydrogen-bond acceptors (Lipinski definition) is 15. The second-order valence-corrected chi connectivity index (χ2v) is 20.8. The van der Waals surface area contributed by atoms with Gasteiger partial charge in [0.1, 0.15) is 55.4 Å². The summed E-state index contributed by atoms with van der Waals surface area (Å²) in [4.78, 5) is 25.9. The minimum atomic E-state index is -1.76. The van der Waals surface area contributed by atoms with Gasteiger partial charge in [-0.2, -0.15) is 0 Å². The van der Waals surface area contributed by atoms with Crippen molar-refractivity contribution in [3.63, 3.8) is 0 Å². The fourth-order valence-electron chi connectivity index (χ4n) is 9.57. The summed E-state index contributed by atoms with van der Waals surface area (Å²) in [6.07, 6.45) is 27.0. The number of ether oxygens (including phenoxy) is 6. The first-order chi connectivity index (χ1) is 34.5. The lowest BCUT2D eigenvalue weighted by molar-refractivity contribution is -0.332. The van der Waals surface area contributed by atoms with Gasteiger partial charge in [0, 0.05) is 12.8 Å². The Hall–Kier alpha value is -1.50. The third kappa shape index (κ3) is 31.2. The number of carbonyl (C=O) groups is 2. The maximum Gasteiger partial charge on any atom is 0.306 e. The van der Waals surface area contributed by atoms with Gasteiger partial charge in [-0.25, -0.2) is 0 Å². The van der Waals surface area contributed by atoms with Crippen molar-refractivity contribution >= 4 is 11.9 Å². The molecule has 2 fully saturated rings. The van der Waals surface area contributed by atoms with Crippen LogP contribution in [0.2, 0.25) is 0 Å². The van der Waals surface area contributed by atoms with E-state index in [1.165, 1.54) is 173 Å². The molecule has 7 N–H and O–H groups in total. The first-order valence-electron chi connectivity index (χ1n) is 29.1. The Labute approximate surface area is 429 Å². The second-order valence-electron chi connectivity index (χ2n) is 20.8. The van der Waals surface area contributed by atoms with Crippen LogP contribution in [0.5, 0.6) is 0 Å². The summed E-state index contributed by atoms with van der Waals surface area (Å²) in [6, 6.07) is 0. The molecule has 15 heteroatoms. The number of aliphatic hydroxyl groups is 7. The largest absolute Gasteiger partial charge is 0.462 e. The van der Waals surface area contributed by atoms with Crippen LogP contribution >= 0.6 is 0 Å². The van der Waals surface area contributed by atoms with E-state index in [4.69, 9.17) is 28.4 Å². The van der Waals surface area contributed by atoms with E-state index in [1.54, 1.807) is 0 Å². The maximum absolute atomic E-state index is 13.0. The standard InChI is InChI=1S/C56H106O15/c1-3-5-7-9-11-13-15-17-19-20-21-22-23-24-25-27-28-30-32-34-36-38-47(58)66-41-44(69-48(59)39-37-35-33-31-29-26-18-16-14-12-10-8-6-4-2)42-67-55-54(65)52(63)50(61)46(71-55)43-68-56-53(64)51(62)49(60)45(40-57)70-56/h44-46,49-57,60-65H,3-43H2,1-2H3/t44-,45+,46+,49-,50-,51?,52?,53?,54?,55+,56+/m0/s1. The number of aliphatic hydroxyl groups excluding tert-OH is 7. The minimum absolute atomic E-state index is 0.173. The number of unbranched alkanes of at least 4 members (excludes halogenated alkanes) is 33. The number of hydrogen-bond donors (Lipinski definition) is 7. The lowest BCUT2D eigenvalue weighted by atomic mass is 9.98. The molecule has 0 aromatic rings. The van der Waals surface area contributed by atoms with E-state index in [0.717, 1.165) is 38.5 Å². The third-order valence-electron chi connectivity index (χ3n) is 14.3. The van der Waals surface area contributed by atoms with E-state index in [-0.39, 0.29) is 26.1 Å². The normalized spacial score (nSPS) is 25.1. The Kier molecular flexibility index (Phi) is 40.4. The van der Waals surface area contributed by atoms with Gasteiger partial charge in [-0.3, -0.25) is 9.59 Å². The summed E-state index contributed by atoms with van der Waals surface area (Å²) in [7, 11) is 0. The first-order valence-corrected chi connectivity index (χ1v) is 29.1. The van der Waals surface area contributed by atoms with Crippen molar-refractivity contribution in [2.75, 3.05) is 26.4 Å². The molecule has 0 amide bonds. The summed E-state index contributed by atoms with van der Waals surface area (Å²) in [5.41, 5.74) is 0. The van der Waals surface area contributed by atoms with Gasteiger partial charge in [0.15, 0.2) is 18.7 Å². The smallest absolute Gasteiger partial charge is 0.306 e. The van der Waals surface area contributed by atoms with Crippen LogP contribution in [0.25, 0.3) is 0 Å². The summed E-state index contributed by atoms with van der Waals surface area (Å²) in [5.74, 6) is -0.905. The molecule has 4 unspecified atom stereocenters. The molecule has 0 aromatic heterocycles. The van der Waals surface area contributed by atoms with Crippen LogP contribution in [-0.4, -0.2) is 142 Å². The fourth-order valence-corrected chi connectivity index (χ4v) is 9.57. The van der Waals surface area contributed by atoms with Crippen molar-refractivity contribution in [2.45, 2.75) is 319 Å². The Bertz CT molecular complexity index is 1240. The highest BCUT2D eigenvalue weighted by Crippen LogP contribution is 2.27. The van der Waals surface area contributed by atoms with Crippen molar-refractivity contribution in [2.24, 2.45) is 0 Å². The molecule has 0 aromatic carbocycles. The minimum Gasteiger partial charge on any atom is -0.462 e. The van der Waals surface area contributed by atoms with E-state index in [0.29, 0.717) is 12.8 Å². The molecular weight excluding hydrogens is 913 g/mol. The predicted octanol–water partition coefficient (Wildman–Crippen LogP) is 9.56. The summed E-state index contributed by atoms with van der Waals surface area (Å²) < 4.78 is 33.7. The number of esters is 2. The molecule has 2 aliphatic rings. The molecule has 0 bridgehead atoms. The van der Waals surface area contributed by atoms with E-state index in [9.17, 15) is 45.3 Å². The van der Waals surface area contributed by atoms with Crippen LogP contribution in [0.4, 0.5) is 0 Å². The van der Waals surface area contributed by atoms with Gasteiger partial charge in [-0.15, -0.1) is 0 Å². The van der Waals surface area contributed by atoms with Crippen LogP contribution in [0.15, 0.2) is 0 Å². The Morgan fingerprint density at radius 1 is 0.394 bits per heavy atom. The van der Waals surface area contributed by atoms with Crippen molar-refractivity contribution in [3.8, 4) is 0 Å². The van der Waals surface area contributed by atoms with Crippen LogP contribution in [0.1, 0.15) is 251 Å². The molecule has 0 spiro atoms. The predicted molar refractivity (Wildman–Crippen MR) is 275 cm³/mol. The molecule has 2 heterocycles. The highest BCUT2D eigenvalue weighted by Gasteiger charge is 2.47. The van der Waals surface area contributed by atoms with Crippen molar-refractivity contribution in [1.82, 2.24) is 0 Å². The van der Waals surface area contributed by atoms with Gasteiger partial charge in [-0.1, -0.05) is 226 Å². The van der Waals surface area contributed by atoms with E-state index in [1.807, 2.05) is 0 Å². The zero-order chi connectivity index (χ0) is 51.7. The maximum atomic E-state index is 13.0. The molecular formula is C56H106O15. The molecule has 0 radical (unpaired) electrons. The molecule has 0 aliphatic carbocycles. The third-order valence-corrected chi connectivity index (χ3v) is 14.3. The zero-order valence-electron chi connectivity index (χ0n) is 44.7. The van der Waals surface area contributed by atoms with Gasteiger partial charge in [0.25, 0.3) is 0 Å². The SMILES string of the molecule is CCCCCCCCCCCCCCCCCCCCCCCC(=O)OC[C@@H](CO[C@@H]1O[C@H](CO[C@@H]2O[C@H](CO)[C@H](O)C(O)C2O)[C@H](O)C(O)C1O)OC(=O)CCCCCCCCCCCCCCCC. The van der Waals surface area contributed by atoms with E-state index >= 15 is 0 Å². The Balaban J connectivity index is 1.73. The number of rotatable bonds is 47. The van der Waals surface area contributed by atoms with Crippen LogP contribution in [-0.2, 0) is 38.0 Å². The average Bonchev–Trinajstić information content (AvgIpc) is 3.36. The monoisotopic (exact) mass is 1020 g/mol. The van der Waals surface area contributed by atoms with Crippen molar-refractivity contribution in [3.05, 3.63) is 0 Å². The van der Waals surface area contributed by atoms with Crippen LogP contribution in [0.3, 0.4) is 0 Å². The highest BCUT2D eigenvalue weighted by atomic mass is 16.7. The molecule has 0 saturated carbocycles. The molecule has 71 heavy (non-hydrogen) atoms. The molecule has 2 rings (SSSR count). The fraction of sp³-hybridized carbons (Fsp3) is 0.964. The van der Waals surface area contributed by atoms with Crippen LogP contribution < -0.4 is 0 Å². The van der Waals surface area contributed by atoms with E-state index < -0.39 is 92.7 Å². The molecule has 15 nitrogen and oxygen atoms in total. The van der Waals surface area contributed by atoms with Gasteiger partial charge < -0.3 is 64.2 Å². The lowest BCUT2D eigenvalue weighted by Crippen LogP contribution is -2.61. The summed E-state index contributed by atoms with van der Waals surface area (Å²) in [5, 5.41) is 72.2. The van der Waals surface area contributed by atoms with Gasteiger partial charge in [0.2, 0.25) is 0 Å². The number of carbonyl (C=O) groups excluding carboxylic acids is 2. The van der Waals surface area contributed by atoms with Gasteiger partial charge in [-0.05, 0) is 12.8 Å². The van der Waals surface area contributed by atoms with E-state index in [2.05, 4.69) is 13.8 Å². The summed E-state index contributed by atoms with van der Waals surface area (Å²) >= 11 is 0. The molecule has 11 atom stereocenters. The quantitative estimate of drug-likeness (QED) is 0.0222. The zero-order valence-corrected chi connectivity index (χ0v) is 44.7. The average molecular weight is 1020 g/mol. The van der Waals surface area contributed by atoms with Gasteiger partial charge >= 0.3 is 11.9 Å². The first kappa shape index (κ1) is 65.6. The molecule has 2 aliphatic heterocycles. The molecule has 2 saturated heterocycles. The van der Waals surface area contributed by atoms with Gasteiger partial charge in [0.05, 0.1) is 19.8 Å². The van der Waals surface area contributed by atoms with Crippen LogP contribution in [0, 0.1) is 0 Å². The highest BCUT2D eigenvalue weighted by molar-refractivity contribution is 5.70. The molecule has 420 valence electrons. The van der Waals surface area contributed by atoms with Crippen molar-refractivity contribution in [1.29, 1.82) is 0 Å². The summed E-state index contributed by atoms with van der Waals surface area (Å²) in [6.45, 7) is 2.65. The Morgan fingerprint density at radius 2 is 0.718 bits per heavy atom. The lowest BCUT2D eigenvalue weighted by Gasteiger charge is -2.42.